The van der Waals surface area contributed by atoms with Crippen LogP contribution in [-0.4, -0.2) is 36.7 Å². The second-order valence-electron chi connectivity index (χ2n) is 5.02. The molecule has 21 heavy (non-hydrogen) atoms. The van der Waals surface area contributed by atoms with Crippen molar-refractivity contribution in [2.45, 2.75) is 64.3 Å². The topological polar surface area (TPSA) is 124 Å². The van der Waals surface area contributed by atoms with Gasteiger partial charge in [0.1, 0.15) is 11.8 Å². The Hall–Kier alpha value is -0.990. The average molecular weight is 323 g/mol. The fourth-order valence-electron chi connectivity index (χ4n) is 1.76. The van der Waals surface area contributed by atoms with Gasteiger partial charge in [-0.25, -0.2) is 4.79 Å². The van der Waals surface area contributed by atoms with Crippen LogP contribution in [0, 0.1) is 0 Å². The number of nitrogens with two attached hydrogens (primary N) is 1. The summed E-state index contributed by atoms with van der Waals surface area (Å²) in [4.78, 5) is 22.6. The van der Waals surface area contributed by atoms with Gasteiger partial charge in [0.15, 0.2) is 0 Å². The summed E-state index contributed by atoms with van der Waals surface area (Å²) < 4.78 is 34.0. The van der Waals surface area contributed by atoms with Gasteiger partial charge in [0, 0.05) is 6.42 Å². The van der Waals surface area contributed by atoms with Crippen LogP contribution in [0.25, 0.3) is 0 Å². The zero-order chi connectivity index (χ0) is 16.3. The van der Waals surface area contributed by atoms with E-state index >= 15 is 0 Å². The van der Waals surface area contributed by atoms with E-state index in [4.69, 9.17) is 10.3 Å². The van der Waals surface area contributed by atoms with E-state index in [9.17, 15) is 18.0 Å². The van der Waals surface area contributed by atoms with Gasteiger partial charge in [-0.05, 0) is 6.42 Å². The van der Waals surface area contributed by atoms with Crippen molar-refractivity contribution in [2.24, 2.45) is 5.73 Å². The molecular weight excluding hydrogens is 298 g/mol. The smallest absolute Gasteiger partial charge is 0.331 e. The molecule has 124 valence electrons. The van der Waals surface area contributed by atoms with E-state index in [0.717, 1.165) is 19.3 Å². The first-order valence-electron chi connectivity index (χ1n) is 7.21. The Morgan fingerprint density at radius 3 is 2.14 bits per heavy atom. The summed E-state index contributed by atoms with van der Waals surface area (Å²) in [6.45, 7) is 2.14. The van der Waals surface area contributed by atoms with E-state index in [1.165, 1.54) is 19.3 Å². The van der Waals surface area contributed by atoms with Crippen molar-refractivity contribution in [3.63, 3.8) is 0 Å². The molecule has 0 aliphatic heterocycles. The molecule has 0 heterocycles. The number of carbonyl (C=O) groups excluding carboxylic acids is 2. The van der Waals surface area contributed by atoms with Crippen molar-refractivity contribution in [2.75, 3.05) is 5.75 Å². The zero-order valence-corrected chi connectivity index (χ0v) is 13.2. The molecule has 0 radical (unpaired) electrons. The lowest BCUT2D eigenvalue weighted by molar-refractivity contribution is -0.160. The highest BCUT2D eigenvalue weighted by molar-refractivity contribution is 7.85. The largest absolute Gasteiger partial charge is 0.392 e. The van der Waals surface area contributed by atoms with Crippen LogP contribution < -0.4 is 5.73 Å². The Morgan fingerprint density at radius 1 is 1.10 bits per heavy atom. The van der Waals surface area contributed by atoms with Crippen molar-refractivity contribution in [3.8, 4) is 0 Å². The number of carbonyl (C=O) groups is 2. The minimum atomic E-state index is -4.37. The molecule has 1 atom stereocenters. The lowest BCUT2D eigenvalue weighted by atomic mass is 10.1. The normalized spacial score (nSPS) is 12.9. The second-order valence-corrected chi connectivity index (χ2v) is 6.52. The maximum Gasteiger partial charge on any atom is 0.331 e. The number of ether oxygens (including phenoxy) is 1. The van der Waals surface area contributed by atoms with Gasteiger partial charge in [0.2, 0.25) is 0 Å². The molecule has 0 fully saturated rings. The predicted molar refractivity (Wildman–Crippen MR) is 78.1 cm³/mol. The summed E-state index contributed by atoms with van der Waals surface area (Å²) in [5, 5.41) is 0. The molecule has 0 saturated carbocycles. The lowest BCUT2D eigenvalue weighted by Crippen LogP contribution is -2.39. The summed E-state index contributed by atoms with van der Waals surface area (Å²) in [6.07, 6.45) is 7.32. The third kappa shape index (κ3) is 12.5. The SMILES string of the molecule is CCCCCCCCCC(=O)OC(=O)[C@H](N)CS(=O)(=O)O. The van der Waals surface area contributed by atoms with Gasteiger partial charge in [-0.15, -0.1) is 0 Å². The summed E-state index contributed by atoms with van der Waals surface area (Å²) in [5.74, 6) is -2.82. The molecule has 0 saturated heterocycles. The molecule has 0 aliphatic rings. The van der Waals surface area contributed by atoms with Gasteiger partial charge in [-0.3, -0.25) is 9.35 Å². The minimum absolute atomic E-state index is 0.0953. The summed E-state index contributed by atoms with van der Waals surface area (Å²) in [7, 11) is -4.37. The Kier molecular flexibility index (Phi) is 10.2. The second kappa shape index (κ2) is 10.7. The van der Waals surface area contributed by atoms with Crippen LogP contribution in [-0.2, 0) is 24.4 Å². The van der Waals surface area contributed by atoms with Gasteiger partial charge >= 0.3 is 11.9 Å². The van der Waals surface area contributed by atoms with Crippen molar-refractivity contribution < 1.29 is 27.3 Å². The van der Waals surface area contributed by atoms with Crippen molar-refractivity contribution in [3.05, 3.63) is 0 Å². The molecule has 0 bridgehead atoms. The molecule has 3 N–H and O–H groups in total. The Bertz CT molecular complexity index is 420. The average Bonchev–Trinajstić information content (AvgIpc) is 2.35. The van der Waals surface area contributed by atoms with E-state index in [2.05, 4.69) is 11.7 Å². The van der Waals surface area contributed by atoms with Crippen LogP contribution in [0.2, 0.25) is 0 Å². The van der Waals surface area contributed by atoms with E-state index in [0.29, 0.717) is 6.42 Å². The number of esters is 2. The van der Waals surface area contributed by atoms with Gasteiger partial charge in [0.25, 0.3) is 10.1 Å². The van der Waals surface area contributed by atoms with Crippen molar-refractivity contribution in [1.82, 2.24) is 0 Å². The Balaban J connectivity index is 3.76. The highest BCUT2D eigenvalue weighted by Gasteiger charge is 2.23. The molecule has 0 aliphatic carbocycles. The zero-order valence-electron chi connectivity index (χ0n) is 12.4. The summed E-state index contributed by atoms with van der Waals surface area (Å²) in [5.41, 5.74) is 5.21. The number of hydrogen-bond donors (Lipinski definition) is 2. The first kappa shape index (κ1) is 20.0. The van der Waals surface area contributed by atoms with E-state index in [-0.39, 0.29) is 6.42 Å². The van der Waals surface area contributed by atoms with Gasteiger partial charge < -0.3 is 10.5 Å². The molecular formula is C13H25NO6S. The maximum atomic E-state index is 11.3. The first-order chi connectivity index (χ1) is 9.76. The van der Waals surface area contributed by atoms with E-state index in [1.807, 2.05) is 0 Å². The van der Waals surface area contributed by atoms with Crippen LogP contribution in [0.15, 0.2) is 0 Å². The highest BCUT2D eigenvalue weighted by atomic mass is 32.2. The third-order valence-electron chi connectivity index (χ3n) is 2.89. The van der Waals surface area contributed by atoms with E-state index in [1.54, 1.807) is 0 Å². The molecule has 0 unspecified atom stereocenters. The van der Waals surface area contributed by atoms with Crippen LogP contribution in [0.3, 0.4) is 0 Å². The Morgan fingerprint density at radius 2 is 1.62 bits per heavy atom. The maximum absolute atomic E-state index is 11.3. The molecule has 0 spiro atoms. The van der Waals surface area contributed by atoms with Crippen molar-refractivity contribution >= 4 is 22.1 Å². The molecule has 0 aromatic carbocycles. The van der Waals surface area contributed by atoms with Crippen LogP contribution in [0.5, 0.6) is 0 Å². The van der Waals surface area contributed by atoms with E-state index < -0.39 is 33.9 Å². The highest BCUT2D eigenvalue weighted by Crippen LogP contribution is 2.09. The summed E-state index contributed by atoms with van der Waals surface area (Å²) >= 11 is 0. The number of hydrogen-bond acceptors (Lipinski definition) is 6. The third-order valence-corrected chi connectivity index (χ3v) is 3.67. The number of unbranched alkanes of at least 4 members (excludes halogenated alkanes) is 6. The quantitative estimate of drug-likeness (QED) is 0.255. The molecule has 0 aromatic rings. The van der Waals surface area contributed by atoms with Crippen LogP contribution in [0.1, 0.15) is 58.3 Å². The molecule has 7 nitrogen and oxygen atoms in total. The molecule has 8 heteroatoms. The van der Waals surface area contributed by atoms with Crippen LogP contribution in [0.4, 0.5) is 0 Å². The Labute approximate surface area is 126 Å². The fraction of sp³-hybridized carbons (Fsp3) is 0.846. The fourth-order valence-corrected chi connectivity index (χ4v) is 2.35. The molecule has 0 amide bonds. The van der Waals surface area contributed by atoms with Crippen LogP contribution >= 0.6 is 0 Å². The minimum Gasteiger partial charge on any atom is -0.392 e. The van der Waals surface area contributed by atoms with Crippen molar-refractivity contribution in [1.29, 1.82) is 0 Å². The lowest BCUT2D eigenvalue weighted by Gasteiger charge is -2.08. The van der Waals surface area contributed by atoms with Gasteiger partial charge in [-0.1, -0.05) is 45.4 Å². The summed E-state index contributed by atoms with van der Waals surface area (Å²) in [6, 6.07) is -1.56. The van der Waals surface area contributed by atoms with Gasteiger partial charge in [0.05, 0.1) is 0 Å². The first-order valence-corrected chi connectivity index (χ1v) is 8.82. The monoisotopic (exact) mass is 323 g/mol. The molecule has 0 aromatic heterocycles. The predicted octanol–water partition coefficient (Wildman–Crippen LogP) is 1.41. The molecule has 0 rings (SSSR count). The van der Waals surface area contributed by atoms with Gasteiger partial charge in [-0.2, -0.15) is 8.42 Å². The number of rotatable bonds is 11. The standard InChI is InChI=1S/C13H25NO6S/c1-2-3-4-5-6-7-8-9-12(15)20-13(16)11(14)10-21(17,18)19/h11H,2-10,14H2,1H3,(H,17,18,19)/t11-/m1/s1.